The molecular formula is C29H43N3O4S. The Labute approximate surface area is 223 Å². The van der Waals surface area contributed by atoms with E-state index in [1.807, 2.05) is 64.1 Å². The molecule has 0 radical (unpaired) electrons. The van der Waals surface area contributed by atoms with Gasteiger partial charge in [-0.05, 0) is 60.9 Å². The van der Waals surface area contributed by atoms with Gasteiger partial charge in [-0.3, -0.25) is 13.9 Å². The molecule has 0 aliphatic rings. The third kappa shape index (κ3) is 8.32. The zero-order valence-corrected chi connectivity index (χ0v) is 24.4. The Morgan fingerprint density at radius 3 is 2.05 bits per heavy atom. The van der Waals surface area contributed by atoms with Crippen LogP contribution in [0.3, 0.4) is 0 Å². The van der Waals surface area contributed by atoms with Gasteiger partial charge in [-0.25, -0.2) is 8.42 Å². The highest BCUT2D eigenvalue weighted by Crippen LogP contribution is 2.26. The first-order valence-electron chi connectivity index (χ1n) is 12.9. The predicted octanol–water partition coefficient (Wildman–Crippen LogP) is 4.78. The summed E-state index contributed by atoms with van der Waals surface area (Å²) < 4.78 is 26.8. The second-order valence-electron chi connectivity index (χ2n) is 10.8. The fraction of sp³-hybridized carbons (Fsp3) is 0.517. The molecule has 0 heterocycles. The second kappa shape index (κ2) is 12.6. The van der Waals surface area contributed by atoms with Crippen molar-refractivity contribution < 1.29 is 18.0 Å². The minimum absolute atomic E-state index is 0.0363. The van der Waals surface area contributed by atoms with Crippen LogP contribution in [0, 0.1) is 6.92 Å². The number of sulfonamides is 1. The standard InChI is InChI=1S/C29H43N3O4S/c1-9-22(4)30-28(34)26(10-2)31(19-23-14-12-11-13-21(23)3)27(33)20-32(37(8,35)36)25-17-15-24(16-18-25)29(5,6)7/h11-18,22,26H,9-10,19-20H2,1-8H3,(H,30,34)/t22-,26+/m0/s1. The fourth-order valence-electron chi connectivity index (χ4n) is 4.07. The number of carbonyl (C=O) groups excluding carboxylic acids is 2. The van der Waals surface area contributed by atoms with Crippen LogP contribution in [0.15, 0.2) is 48.5 Å². The minimum Gasteiger partial charge on any atom is -0.352 e. The Morgan fingerprint density at radius 1 is 0.973 bits per heavy atom. The molecule has 204 valence electrons. The maximum atomic E-state index is 13.8. The SMILES string of the molecule is CC[C@H](C(=O)N[C@@H](C)CC)N(Cc1ccccc1C)C(=O)CN(c1ccc(C(C)(C)C)cc1)S(C)(=O)=O. The Bertz CT molecular complexity index is 1170. The van der Waals surface area contributed by atoms with Crippen molar-refractivity contribution in [2.45, 2.75) is 85.4 Å². The van der Waals surface area contributed by atoms with Crippen LogP contribution >= 0.6 is 0 Å². The van der Waals surface area contributed by atoms with Gasteiger partial charge in [-0.2, -0.15) is 0 Å². The molecule has 8 heteroatoms. The first kappa shape index (κ1) is 30.4. The monoisotopic (exact) mass is 529 g/mol. The topological polar surface area (TPSA) is 86.8 Å². The van der Waals surface area contributed by atoms with Crippen molar-refractivity contribution in [3.05, 3.63) is 65.2 Å². The summed E-state index contributed by atoms with van der Waals surface area (Å²) in [7, 11) is -3.77. The number of hydrogen-bond donors (Lipinski definition) is 1. The van der Waals surface area contributed by atoms with Crippen molar-refractivity contribution in [3.63, 3.8) is 0 Å². The molecule has 0 saturated heterocycles. The smallest absolute Gasteiger partial charge is 0.244 e. The molecular weight excluding hydrogens is 486 g/mol. The molecule has 2 amide bonds. The molecule has 2 aromatic carbocycles. The van der Waals surface area contributed by atoms with Gasteiger partial charge in [0.15, 0.2) is 0 Å². The van der Waals surface area contributed by atoms with Crippen LogP contribution in [-0.2, 0) is 31.6 Å². The van der Waals surface area contributed by atoms with Gasteiger partial charge in [0.05, 0.1) is 11.9 Å². The molecule has 0 spiro atoms. The maximum absolute atomic E-state index is 13.8. The molecule has 2 rings (SSSR count). The van der Waals surface area contributed by atoms with Crippen LogP contribution < -0.4 is 9.62 Å². The first-order chi connectivity index (χ1) is 17.2. The lowest BCUT2D eigenvalue weighted by atomic mass is 9.87. The maximum Gasteiger partial charge on any atom is 0.244 e. The number of aryl methyl sites for hydroxylation is 1. The van der Waals surface area contributed by atoms with Gasteiger partial charge in [-0.15, -0.1) is 0 Å². The van der Waals surface area contributed by atoms with Crippen molar-refractivity contribution in [1.29, 1.82) is 0 Å². The molecule has 1 N–H and O–H groups in total. The van der Waals surface area contributed by atoms with Gasteiger partial charge in [0, 0.05) is 12.6 Å². The average molecular weight is 530 g/mol. The highest BCUT2D eigenvalue weighted by Gasteiger charge is 2.32. The van der Waals surface area contributed by atoms with Crippen molar-refractivity contribution in [3.8, 4) is 0 Å². The van der Waals surface area contributed by atoms with E-state index < -0.39 is 28.5 Å². The molecule has 37 heavy (non-hydrogen) atoms. The van der Waals surface area contributed by atoms with Crippen molar-refractivity contribution in [2.24, 2.45) is 0 Å². The molecule has 0 aliphatic carbocycles. The minimum atomic E-state index is -3.77. The van der Waals surface area contributed by atoms with Gasteiger partial charge in [0.25, 0.3) is 0 Å². The lowest BCUT2D eigenvalue weighted by Gasteiger charge is -2.33. The summed E-state index contributed by atoms with van der Waals surface area (Å²) in [5, 5.41) is 2.99. The van der Waals surface area contributed by atoms with E-state index in [0.717, 1.165) is 33.7 Å². The van der Waals surface area contributed by atoms with Crippen LogP contribution in [0.4, 0.5) is 5.69 Å². The fourth-order valence-corrected chi connectivity index (χ4v) is 4.92. The van der Waals surface area contributed by atoms with E-state index in [1.165, 1.54) is 4.90 Å². The van der Waals surface area contributed by atoms with Gasteiger partial charge in [-0.1, -0.05) is 71.0 Å². The predicted molar refractivity (Wildman–Crippen MR) is 151 cm³/mol. The van der Waals surface area contributed by atoms with E-state index in [0.29, 0.717) is 12.1 Å². The summed E-state index contributed by atoms with van der Waals surface area (Å²) in [4.78, 5) is 28.5. The number of nitrogens with one attached hydrogen (secondary N) is 1. The van der Waals surface area contributed by atoms with E-state index in [-0.39, 0.29) is 23.9 Å². The third-order valence-corrected chi connectivity index (χ3v) is 7.83. The number of carbonyl (C=O) groups is 2. The number of rotatable bonds is 11. The second-order valence-corrected chi connectivity index (χ2v) is 12.7. The molecule has 7 nitrogen and oxygen atoms in total. The molecule has 0 unspecified atom stereocenters. The van der Waals surface area contributed by atoms with Gasteiger partial charge in [0.1, 0.15) is 12.6 Å². The average Bonchev–Trinajstić information content (AvgIpc) is 2.82. The summed E-state index contributed by atoms with van der Waals surface area (Å²) in [5.41, 5.74) is 3.29. The number of hydrogen-bond acceptors (Lipinski definition) is 4. The van der Waals surface area contributed by atoms with E-state index in [1.54, 1.807) is 12.1 Å². The van der Waals surface area contributed by atoms with E-state index in [9.17, 15) is 18.0 Å². The molecule has 0 bridgehead atoms. The van der Waals surface area contributed by atoms with Gasteiger partial charge < -0.3 is 10.2 Å². The summed E-state index contributed by atoms with van der Waals surface area (Å²) in [6, 6.07) is 14.2. The quantitative estimate of drug-likeness (QED) is 0.454. The third-order valence-electron chi connectivity index (χ3n) is 6.69. The Balaban J connectivity index is 2.46. The molecule has 2 aromatic rings. The first-order valence-corrected chi connectivity index (χ1v) is 14.8. The number of nitrogens with zero attached hydrogens (tertiary/aromatic N) is 2. The van der Waals surface area contributed by atoms with Crippen LogP contribution in [0.1, 0.15) is 71.1 Å². The van der Waals surface area contributed by atoms with Crippen LogP contribution in [0.25, 0.3) is 0 Å². The molecule has 0 aliphatic heterocycles. The zero-order valence-electron chi connectivity index (χ0n) is 23.5. The van der Waals surface area contributed by atoms with Gasteiger partial charge >= 0.3 is 0 Å². The number of amides is 2. The Morgan fingerprint density at radius 2 is 1.57 bits per heavy atom. The summed E-state index contributed by atoms with van der Waals surface area (Å²) >= 11 is 0. The largest absolute Gasteiger partial charge is 0.352 e. The molecule has 0 aromatic heterocycles. The Hall–Kier alpha value is -2.87. The summed E-state index contributed by atoms with van der Waals surface area (Å²) in [6.07, 6.45) is 2.26. The highest BCUT2D eigenvalue weighted by molar-refractivity contribution is 7.92. The summed E-state index contributed by atoms with van der Waals surface area (Å²) in [6.45, 7) is 13.8. The van der Waals surface area contributed by atoms with Crippen LogP contribution in [-0.4, -0.2) is 50.0 Å². The van der Waals surface area contributed by atoms with E-state index in [2.05, 4.69) is 26.1 Å². The molecule has 0 saturated carbocycles. The van der Waals surface area contributed by atoms with Crippen molar-refractivity contribution in [1.82, 2.24) is 10.2 Å². The normalized spacial score (nSPS) is 13.5. The summed E-state index contributed by atoms with van der Waals surface area (Å²) in [5.74, 6) is -0.668. The lowest BCUT2D eigenvalue weighted by Crippen LogP contribution is -2.53. The van der Waals surface area contributed by atoms with Crippen LogP contribution in [0.2, 0.25) is 0 Å². The number of benzene rings is 2. The van der Waals surface area contributed by atoms with Crippen LogP contribution in [0.5, 0.6) is 0 Å². The Kier molecular flexibility index (Phi) is 10.3. The molecule has 0 fully saturated rings. The van der Waals surface area contributed by atoms with E-state index in [4.69, 9.17) is 0 Å². The van der Waals surface area contributed by atoms with Crippen molar-refractivity contribution in [2.75, 3.05) is 17.1 Å². The van der Waals surface area contributed by atoms with E-state index >= 15 is 0 Å². The zero-order chi connectivity index (χ0) is 28.0. The lowest BCUT2D eigenvalue weighted by molar-refractivity contribution is -0.140. The highest BCUT2D eigenvalue weighted by atomic mass is 32.2. The van der Waals surface area contributed by atoms with Crippen molar-refractivity contribution >= 4 is 27.5 Å². The molecule has 2 atom stereocenters. The number of anilines is 1. The van der Waals surface area contributed by atoms with Gasteiger partial charge in [0.2, 0.25) is 21.8 Å².